The molecule has 14 heavy (non-hydrogen) atoms. The van der Waals surface area contributed by atoms with Crippen molar-refractivity contribution in [2.75, 3.05) is 6.61 Å². The van der Waals surface area contributed by atoms with Crippen LogP contribution in [-0.4, -0.2) is 28.8 Å². The highest BCUT2D eigenvalue weighted by Gasteiger charge is 2.13. The number of ether oxygens (including phenoxy) is 1. The Labute approximate surface area is 83.7 Å². The molecule has 1 heterocycles. The van der Waals surface area contributed by atoms with Crippen LogP contribution in [0.2, 0.25) is 0 Å². The van der Waals surface area contributed by atoms with Crippen molar-refractivity contribution in [2.24, 2.45) is 0 Å². The second-order valence-corrected chi connectivity index (χ2v) is 3.11. The second-order valence-electron chi connectivity index (χ2n) is 3.11. The van der Waals surface area contributed by atoms with Gasteiger partial charge in [0.1, 0.15) is 0 Å². The van der Waals surface area contributed by atoms with Crippen LogP contribution < -0.4 is 10.2 Å². The highest BCUT2D eigenvalue weighted by Crippen LogP contribution is 2.11. The number of hydrogen-bond acceptors (Lipinski definition) is 4. The van der Waals surface area contributed by atoms with Gasteiger partial charge in [-0.1, -0.05) is 13.0 Å². The number of rotatable bonds is 4. The molecule has 0 amide bonds. The molecule has 1 rings (SSSR count). The normalized spacial score (nSPS) is 10.0. The van der Waals surface area contributed by atoms with Gasteiger partial charge in [0, 0.05) is 17.2 Å². The van der Waals surface area contributed by atoms with Crippen LogP contribution in [0.5, 0.6) is 5.88 Å². The summed E-state index contributed by atoms with van der Waals surface area (Å²) in [7, 11) is -1.47. The van der Waals surface area contributed by atoms with E-state index in [1.807, 2.05) is 13.8 Å². The Bertz CT molecular complexity index is 304. The van der Waals surface area contributed by atoms with Crippen molar-refractivity contribution in [3.05, 3.63) is 17.8 Å². The van der Waals surface area contributed by atoms with Crippen molar-refractivity contribution in [3.8, 4) is 5.88 Å². The first-order chi connectivity index (χ1) is 6.65. The number of hydrogen-bond donors (Lipinski definition) is 2. The summed E-state index contributed by atoms with van der Waals surface area (Å²) < 4.78 is 5.35. The zero-order chi connectivity index (χ0) is 10.6. The highest BCUT2D eigenvalue weighted by atomic mass is 16.5. The molecule has 0 fully saturated rings. The van der Waals surface area contributed by atoms with Crippen LogP contribution in [0.3, 0.4) is 0 Å². The number of aryl methyl sites for hydroxylation is 1. The minimum Gasteiger partial charge on any atom is -0.477 e. The van der Waals surface area contributed by atoms with E-state index in [9.17, 15) is 0 Å². The minimum absolute atomic E-state index is 0.381. The molecule has 0 saturated heterocycles. The van der Waals surface area contributed by atoms with Crippen molar-refractivity contribution >= 4 is 12.6 Å². The van der Waals surface area contributed by atoms with E-state index in [0.29, 0.717) is 17.9 Å². The third-order valence-electron chi connectivity index (χ3n) is 1.79. The van der Waals surface area contributed by atoms with Gasteiger partial charge in [-0.3, -0.25) is 0 Å². The van der Waals surface area contributed by atoms with Crippen LogP contribution in [0.4, 0.5) is 0 Å². The lowest BCUT2D eigenvalue weighted by Crippen LogP contribution is -2.30. The van der Waals surface area contributed by atoms with Gasteiger partial charge in [0.15, 0.2) is 0 Å². The highest BCUT2D eigenvalue weighted by molar-refractivity contribution is 6.58. The molecule has 2 N–H and O–H groups in total. The molecule has 1 aromatic heterocycles. The fraction of sp³-hybridized carbons (Fsp3) is 0.444. The maximum atomic E-state index is 8.89. The molecular formula is C9H14BNO3. The lowest BCUT2D eigenvalue weighted by molar-refractivity contribution is 0.303. The molecule has 4 nitrogen and oxygen atoms in total. The minimum atomic E-state index is -1.47. The predicted octanol–water partition coefficient (Wildman–Crippen LogP) is -0.141. The van der Waals surface area contributed by atoms with Gasteiger partial charge >= 0.3 is 7.12 Å². The van der Waals surface area contributed by atoms with Crippen molar-refractivity contribution < 1.29 is 14.8 Å². The number of nitrogens with zero attached hydrogens (tertiary/aromatic N) is 1. The lowest BCUT2D eigenvalue weighted by atomic mass is 9.81. The van der Waals surface area contributed by atoms with Gasteiger partial charge in [-0.25, -0.2) is 4.98 Å². The molecule has 0 aromatic carbocycles. The second kappa shape index (κ2) is 4.98. The maximum absolute atomic E-state index is 8.89. The number of pyridine rings is 1. The molecule has 0 aliphatic carbocycles. The molecule has 0 saturated carbocycles. The first kappa shape index (κ1) is 11.0. The molecule has 5 heteroatoms. The summed E-state index contributed by atoms with van der Waals surface area (Å²) in [5.41, 5.74) is 1.19. The molecule has 0 aliphatic heterocycles. The summed E-state index contributed by atoms with van der Waals surface area (Å²) in [6.07, 6.45) is 2.33. The van der Waals surface area contributed by atoms with E-state index in [0.717, 1.165) is 12.0 Å². The van der Waals surface area contributed by atoms with Crippen LogP contribution in [0, 0.1) is 6.92 Å². The first-order valence-corrected chi connectivity index (χ1v) is 4.60. The van der Waals surface area contributed by atoms with Gasteiger partial charge in [-0.2, -0.15) is 0 Å². The van der Waals surface area contributed by atoms with Crippen molar-refractivity contribution in [1.82, 2.24) is 4.98 Å². The Morgan fingerprint density at radius 2 is 2.21 bits per heavy atom. The Morgan fingerprint density at radius 1 is 1.50 bits per heavy atom. The Kier molecular flexibility index (Phi) is 3.91. The van der Waals surface area contributed by atoms with Crippen molar-refractivity contribution in [3.63, 3.8) is 0 Å². The van der Waals surface area contributed by atoms with Gasteiger partial charge < -0.3 is 14.8 Å². The van der Waals surface area contributed by atoms with Gasteiger partial charge in [0.25, 0.3) is 0 Å². The van der Waals surface area contributed by atoms with E-state index in [2.05, 4.69) is 4.98 Å². The summed E-state index contributed by atoms with van der Waals surface area (Å²) >= 11 is 0. The summed E-state index contributed by atoms with van der Waals surface area (Å²) in [6.45, 7) is 4.46. The van der Waals surface area contributed by atoms with Crippen molar-refractivity contribution in [1.29, 1.82) is 0 Å². The Hall–Kier alpha value is -1.07. The topological polar surface area (TPSA) is 62.6 Å². The summed E-state index contributed by atoms with van der Waals surface area (Å²) in [5.74, 6) is 0.552. The van der Waals surface area contributed by atoms with Crippen molar-refractivity contribution in [2.45, 2.75) is 20.3 Å². The van der Waals surface area contributed by atoms with Gasteiger partial charge in [0.2, 0.25) is 5.88 Å². The van der Waals surface area contributed by atoms with Gasteiger partial charge in [-0.15, -0.1) is 0 Å². The van der Waals surface area contributed by atoms with Gasteiger partial charge in [0.05, 0.1) is 6.61 Å². The van der Waals surface area contributed by atoms with Crippen LogP contribution in [0.25, 0.3) is 0 Å². The molecule has 1 aromatic rings. The zero-order valence-corrected chi connectivity index (χ0v) is 8.40. The van der Waals surface area contributed by atoms with E-state index < -0.39 is 7.12 Å². The third-order valence-corrected chi connectivity index (χ3v) is 1.79. The quantitative estimate of drug-likeness (QED) is 0.656. The SMILES string of the molecule is CCCOc1ncc(B(O)O)cc1C. The maximum Gasteiger partial charge on any atom is 0.490 e. The van der Waals surface area contributed by atoms with Crippen LogP contribution in [0.15, 0.2) is 12.3 Å². The van der Waals surface area contributed by atoms with Crippen LogP contribution in [0.1, 0.15) is 18.9 Å². The molecule has 0 spiro atoms. The smallest absolute Gasteiger partial charge is 0.477 e. The standard InChI is InChI=1S/C9H14BNO3/c1-3-4-14-9-7(2)5-8(6-11-9)10(12)13/h5-6,12-13H,3-4H2,1-2H3. The van der Waals surface area contributed by atoms with Crippen LogP contribution >= 0.6 is 0 Å². The summed E-state index contributed by atoms with van der Waals surface area (Å²) in [4.78, 5) is 3.99. The molecule has 0 radical (unpaired) electrons. The van der Waals surface area contributed by atoms with E-state index in [1.54, 1.807) is 6.07 Å². The molecule has 0 atom stereocenters. The fourth-order valence-electron chi connectivity index (χ4n) is 1.08. The van der Waals surface area contributed by atoms with E-state index in [-0.39, 0.29) is 0 Å². The summed E-state index contributed by atoms with van der Waals surface area (Å²) in [5, 5.41) is 17.8. The van der Waals surface area contributed by atoms with Crippen LogP contribution in [-0.2, 0) is 0 Å². The molecular weight excluding hydrogens is 181 g/mol. The third kappa shape index (κ3) is 2.72. The van der Waals surface area contributed by atoms with Gasteiger partial charge in [-0.05, 0) is 13.3 Å². The zero-order valence-electron chi connectivity index (χ0n) is 8.40. The molecule has 0 unspecified atom stereocenters. The summed E-state index contributed by atoms with van der Waals surface area (Å²) in [6, 6.07) is 1.66. The largest absolute Gasteiger partial charge is 0.490 e. The molecule has 76 valence electrons. The predicted molar refractivity (Wildman–Crippen MR) is 54.6 cm³/mol. The first-order valence-electron chi connectivity index (χ1n) is 4.60. The van der Waals surface area contributed by atoms with E-state index in [1.165, 1.54) is 6.20 Å². The number of aromatic nitrogens is 1. The van der Waals surface area contributed by atoms with E-state index >= 15 is 0 Å². The molecule has 0 bridgehead atoms. The lowest BCUT2D eigenvalue weighted by Gasteiger charge is -2.07. The monoisotopic (exact) mass is 195 g/mol. The Morgan fingerprint density at radius 3 is 2.71 bits per heavy atom. The van der Waals surface area contributed by atoms with E-state index in [4.69, 9.17) is 14.8 Å². The fourth-order valence-corrected chi connectivity index (χ4v) is 1.08. The average molecular weight is 195 g/mol. The molecule has 0 aliphatic rings. The Balaban J connectivity index is 2.79. The average Bonchev–Trinajstić information content (AvgIpc) is 2.15.